The lowest BCUT2D eigenvalue weighted by Gasteiger charge is -2.16. The van der Waals surface area contributed by atoms with E-state index >= 15 is 0 Å². The van der Waals surface area contributed by atoms with E-state index in [4.69, 9.17) is 5.26 Å². The lowest BCUT2D eigenvalue weighted by atomic mass is 10.1. The van der Waals surface area contributed by atoms with Crippen molar-refractivity contribution in [2.75, 3.05) is 5.32 Å². The summed E-state index contributed by atoms with van der Waals surface area (Å²) in [7, 11) is 0. The number of carbonyl (C=O) groups is 1. The summed E-state index contributed by atoms with van der Waals surface area (Å²) in [4.78, 5) is 12.3. The third kappa shape index (κ3) is 2.00. The zero-order chi connectivity index (χ0) is 13.2. The van der Waals surface area contributed by atoms with Gasteiger partial charge < -0.3 is 9.88 Å². The molecular formula is C15H13N3O. The minimum Gasteiger partial charge on any atom is -0.327 e. The summed E-state index contributed by atoms with van der Waals surface area (Å²) in [5, 5.41) is 12.0. The number of nitrogens with one attached hydrogen (secondary N) is 1. The fraction of sp³-hybridized carbons (Fsp3) is 0.200. The number of amides is 1. The fourth-order valence-electron chi connectivity index (χ4n) is 2.53. The summed E-state index contributed by atoms with van der Waals surface area (Å²) in [6.07, 6.45) is 3.31. The van der Waals surface area contributed by atoms with Gasteiger partial charge in [-0.2, -0.15) is 5.26 Å². The standard InChI is InChI=1S/C15H13N3O/c16-10-12-5-3-9-18(12)14-8-7-11-4-1-2-6-13(11)17-15(14)19/h1-6,9,14H,7-8H2,(H,17,19). The first-order chi connectivity index (χ1) is 9.29. The molecule has 1 aromatic heterocycles. The number of nitriles is 1. The number of hydrogen-bond donors (Lipinski definition) is 1. The van der Waals surface area contributed by atoms with Crippen LogP contribution < -0.4 is 5.32 Å². The predicted molar refractivity (Wildman–Crippen MR) is 71.6 cm³/mol. The predicted octanol–water partition coefficient (Wildman–Crippen LogP) is 2.49. The van der Waals surface area contributed by atoms with Crippen molar-refractivity contribution < 1.29 is 4.79 Å². The molecule has 2 aromatic rings. The minimum absolute atomic E-state index is 0.0577. The number of carbonyl (C=O) groups excluding carboxylic acids is 1. The molecule has 2 heterocycles. The van der Waals surface area contributed by atoms with Crippen molar-refractivity contribution in [2.45, 2.75) is 18.9 Å². The topological polar surface area (TPSA) is 57.8 Å². The summed E-state index contributed by atoms with van der Waals surface area (Å²) in [6.45, 7) is 0. The van der Waals surface area contributed by atoms with Crippen LogP contribution in [-0.4, -0.2) is 10.5 Å². The van der Waals surface area contributed by atoms with Crippen molar-refractivity contribution in [2.24, 2.45) is 0 Å². The van der Waals surface area contributed by atoms with Crippen molar-refractivity contribution in [3.8, 4) is 6.07 Å². The molecule has 0 saturated carbocycles. The number of para-hydroxylation sites is 1. The summed E-state index contributed by atoms with van der Waals surface area (Å²) < 4.78 is 1.75. The lowest BCUT2D eigenvalue weighted by molar-refractivity contribution is -0.119. The van der Waals surface area contributed by atoms with Crippen LogP contribution in [0.25, 0.3) is 0 Å². The Bertz CT molecular complexity index is 666. The highest BCUT2D eigenvalue weighted by Gasteiger charge is 2.25. The monoisotopic (exact) mass is 251 g/mol. The maximum absolute atomic E-state index is 12.3. The smallest absolute Gasteiger partial charge is 0.247 e. The zero-order valence-electron chi connectivity index (χ0n) is 10.3. The molecule has 0 aliphatic carbocycles. The molecule has 1 N–H and O–H groups in total. The van der Waals surface area contributed by atoms with Gasteiger partial charge in [0.15, 0.2) is 0 Å². The number of anilines is 1. The molecule has 19 heavy (non-hydrogen) atoms. The molecule has 1 amide bonds. The van der Waals surface area contributed by atoms with Crippen LogP contribution >= 0.6 is 0 Å². The molecule has 1 aliphatic rings. The highest BCUT2D eigenvalue weighted by atomic mass is 16.2. The Kier molecular flexibility index (Phi) is 2.81. The molecule has 0 spiro atoms. The van der Waals surface area contributed by atoms with Crippen LogP contribution in [0.2, 0.25) is 0 Å². The number of aromatic nitrogens is 1. The van der Waals surface area contributed by atoms with Crippen LogP contribution in [0, 0.1) is 11.3 Å². The summed E-state index contributed by atoms with van der Waals surface area (Å²) in [5.41, 5.74) is 2.54. The normalized spacial score (nSPS) is 18.1. The Morgan fingerprint density at radius 1 is 1.26 bits per heavy atom. The van der Waals surface area contributed by atoms with Gasteiger partial charge in [0.2, 0.25) is 5.91 Å². The Morgan fingerprint density at radius 2 is 2.11 bits per heavy atom. The zero-order valence-corrected chi connectivity index (χ0v) is 10.3. The van der Waals surface area contributed by atoms with Crippen LogP contribution in [0.5, 0.6) is 0 Å². The van der Waals surface area contributed by atoms with E-state index in [-0.39, 0.29) is 11.9 Å². The number of rotatable bonds is 1. The molecule has 4 nitrogen and oxygen atoms in total. The Labute approximate surface area is 111 Å². The SMILES string of the molecule is N#Cc1cccn1C1CCc2ccccc2NC1=O. The van der Waals surface area contributed by atoms with E-state index in [0.717, 1.165) is 17.7 Å². The third-order valence-electron chi connectivity index (χ3n) is 3.49. The van der Waals surface area contributed by atoms with E-state index in [1.165, 1.54) is 0 Å². The highest BCUT2D eigenvalue weighted by molar-refractivity contribution is 5.95. The molecule has 1 aromatic carbocycles. The van der Waals surface area contributed by atoms with E-state index in [2.05, 4.69) is 11.4 Å². The van der Waals surface area contributed by atoms with Crippen LogP contribution in [0.3, 0.4) is 0 Å². The first-order valence-electron chi connectivity index (χ1n) is 6.25. The van der Waals surface area contributed by atoms with Gasteiger partial charge in [0.1, 0.15) is 17.8 Å². The number of benzene rings is 1. The molecule has 1 unspecified atom stereocenters. The average molecular weight is 251 g/mol. The first kappa shape index (κ1) is 11.5. The second-order valence-corrected chi connectivity index (χ2v) is 4.61. The fourth-order valence-corrected chi connectivity index (χ4v) is 2.53. The van der Waals surface area contributed by atoms with E-state index < -0.39 is 0 Å². The second kappa shape index (κ2) is 4.62. The molecule has 94 valence electrons. The molecule has 0 fully saturated rings. The number of hydrogen-bond acceptors (Lipinski definition) is 2. The minimum atomic E-state index is -0.322. The second-order valence-electron chi connectivity index (χ2n) is 4.61. The average Bonchev–Trinajstić information content (AvgIpc) is 2.82. The molecular weight excluding hydrogens is 238 g/mol. The Morgan fingerprint density at radius 3 is 2.95 bits per heavy atom. The molecule has 4 heteroatoms. The van der Waals surface area contributed by atoms with E-state index in [9.17, 15) is 4.79 Å². The maximum Gasteiger partial charge on any atom is 0.247 e. The van der Waals surface area contributed by atoms with E-state index in [0.29, 0.717) is 12.1 Å². The van der Waals surface area contributed by atoms with Crippen LogP contribution in [0.1, 0.15) is 23.7 Å². The van der Waals surface area contributed by atoms with Crippen molar-refractivity contribution in [3.05, 3.63) is 53.9 Å². The van der Waals surface area contributed by atoms with Gasteiger partial charge >= 0.3 is 0 Å². The van der Waals surface area contributed by atoms with Gasteiger partial charge in [0.25, 0.3) is 0 Å². The molecule has 0 radical (unpaired) electrons. The van der Waals surface area contributed by atoms with Gasteiger partial charge in [-0.25, -0.2) is 0 Å². The molecule has 0 saturated heterocycles. The quantitative estimate of drug-likeness (QED) is 0.846. The lowest BCUT2D eigenvalue weighted by Crippen LogP contribution is -2.25. The van der Waals surface area contributed by atoms with Crippen molar-refractivity contribution in [1.29, 1.82) is 5.26 Å². The van der Waals surface area contributed by atoms with Gasteiger partial charge in [-0.1, -0.05) is 18.2 Å². The highest BCUT2D eigenvalue weighted by Crippen LogP contribution is 2.27. The maximum atomic E-state index is 12.3. The van der Waals surface area contributed by atoms with Crippen molar-refractivity contribution >= 4 is 11.6 Å². The van der Waals surface area contributed by atoms with Gasteiger partial charge in [-0.05, 0) is 36.6 Å². The van der Waals surface area contributed by atoms with E-state index in [1.807, 2.05) is 24.3 Å². The third-order valence-corrected chi connectivity index (χ3v) is 3.49. The van der Waals surface area contributed by atoms with Gasteiger partial charge in [0, 0.05) is 11.9 Å². The first-order valence-corrected chi connectivity index (χ1v) is 6.25. The Balaban J connectivity index is 1.96. The molecule has 1 aliphatic heterocycles. The summed E-state index contributed by atoms with van der Waals surface area (Å²) in [5.74, 6) is -0.0577. The van der Waals surface area contributed by atoms with Gasteiger partial charge in [-0.15, -0.1) is 0 Å². The van der Waals surface area contributed by atoms with Crippen LogP contribution in [0.15, 0.2) is 42.6 Å². The molecule has 0 bridgehead atoms. The molecule has 3 rings (SSSR count). The number of nitrogens with zero attached hydrogens (tertiary/aromatic N) is 2. The van der Waals surface area contributed by atoms with Crippen molar-refractivity contribution in [3.63, 3.8) is 0 Å². The number of aryl methyl sites for hydroxylation is 1. The van der Waals surface area contributed by atoms with Gasteiger partial charge in [0.05, 0.1) is 0 Å². The van der Waals surface area contributed by atoms with E-state index in [1.54, 1.807) is 22.9 Å². The molecule has 1 atom stereocenters. The summed E-state index contributed by atoms with van der Waals surface area (Å²) >= 11 is 0. The largest absolute Gasteiger partial charge is 0.327 e. The number of fused-ring (bicyclic) bond motifs is 1. The summed E-state index contributed by atoms with van der Waals surface area (Å²) in [6, 6.07) is 13.1. The Hall–Kier alpha value is -2.54. The van der Waals surface area contributed by atoms with Crippen LogP contribution in [-0.2, 0) is 11.2 Å². The van der Waals surface area contributed by atoms with Gasteiger partial charge in [-0.3, -0.25) is 4.79 Å². The van der Waals surface area contributed by atoms with Crippen LogP contribution in [0.4, 0.5) is 5.69 Å². The van der Waals surface area contributed by atoms with Crippen molar-refractivity contribution in [1.82, 2.24) is 4.57 Å².